The molecule has 1 amide bonds. The van der Waals surface area contributed by atoms with E-state index in [1.54, 1.807) is 29.3 Å². The van der Waals surface area contributed by atoms with Crippen LogP contribution in [0.1, 0.15) is 50.8 Å². The highest BCUT2D eigenvalue weighted by Crippen LogP contribution is 2.42. The van der Waals surface area contributed by atoms with Crippen molar-refractivity contribution in [1.82, 2.24) is 9.88 Å². The molecular formula is C27H30FN3O3. The summed E-state index contributed by atoms with van der Waals surface area (Å²) in [4.78, 5) is 28.9. The van der Waals surface area contributed by atoms with Gasteiger partial charge >= 0.3 is 6.09 Å². The number of hydrogen-bond acceptors (Lipinski definition) is 4. The second-order valence-corrected chi connectivity index (χ2v) is 9.72. The molecule has 1 aliphatic rings. The molecule has 178 valence electrons. The van der Waals surface area contributed by atoms with Crippen molar-refractivity contribution in [2.24, 2.45) is 5.73 Å². The number of H-pyrrole nitrogens is 1. The average Bonchev–Trinajstić information content (AvgIpc) is 2.79. The Morgan fingerprint density at radius 2 is 1.71 bits per heavy atom. The Morgan fingerprint density at radius 1 is 1.06 bits per heavy atom. The van der Waals surface area contributed by atoms with Crippen LogP contribution in [0.15, 0.2) is 71.7 Å². The number of cyclic esters (lactones) is 1. The molecule has 0 spiro atoms. The van der Waals surface area contributed by atoms with Gasteiger partial charge in [-0.2, -0.15) is 0 Å². The number of halogens is 1. The van der Waals surface area contributed by atoms with Gasteiger partial charge in [0.1, 0.15) is 11.4 Å². The molecule has 0 aliphatic carbocycles. The topological polar surface area (TPSA) is 88.4 Å². The monoisotopic (exact) mass is 463 g/mol. The summed E-state index contributed by atoms with van der Waals surface area (Å²) in [5.74, 6) is -0.339. The number of carbonyl (C=O) groups is 1. The molecule has 0 unspecified atom stereocenters. The number of pyridine rings is 1. The van der Waals surface area contributed by atoms with Gasteiger partial charge in [-0.15, -0.1) is 0 Å². The summed E-state index contributed by atoms with van der Waals surface area (Å²) in [6.07, 6.45) is 2.23. The van der Waals surface area contributed by atoms with Gasteiger partial charge in [0.25, 0.3) is 0 Å². The molecule has 3 aromatic rings. The van der Waals surface area contributed by atoms with Gasteiger partial charge in [0.2, 0.25) is 5.56 Å². The van der Waals surface area contributed by atoms with Crippen molar-refractivity contribution in [2.45, 2.75) is 50.8 Å². The second-order valence-electron chi connectivity index (χ2n) is 9.72. The minimum atomic E-state index is -0.909. The molecule has 2 aromatic carbocycles. The number of benzene rings is 2. The first-order valence-electron chi connectivity index (χ1n) is 11.4. The number of nitrogens with zero attached hydrogens (tertiary/aromatic N) is 1. The van der Waals surface area contributed by atoms with Crippen LogP contribution in [0.25, 0.3) is 11.1 Å². The zero-order valence-corrected chi connectivity index (χ0v) is 19.7. The van der Waals surface area contributed by atoms with Crippen molar-refractivity contribution in [3.05, 3.63) is 94.2 Å². The van der Waals surface area contributed by atoms with Crippen molar-refractivity contribution in [3.63, 3.8) is 0 Å². The molecule has 0 bridgehead atoms. The lowest BCUT2D eigenvalue weighted by Crippen LogP contribution is -2.52. The van der Waals surface area contributed by atoms with Crippen LogP contribution in [-0.2, 0) is 10.3 Å². The van der Waals surface area contributed by atoms with Crippen molar-refractivity contribution in [1.29, 1.82) is 0 Å². The highest BCUT2D eigenvalue weighted by atomic mass is 19.1. The Labute approximate surface area is 198 Å². The zero-order chi connectivity index (χ0) is 24.5. The van der Waals surface area contributed by atoms with E-state index < -0.39 is 17.2 Å². The third-order valence-corrected chi connectivity index (χ3v) is 6.36. The van der Waals surface area contributed by atoms with E-state index in [1.165, 1.54) is 18.2 Å². The van der Waals surface area contributed by atoms with Crippen LogP contribution in [0.3, 0.4) is 0 Å². The first-order chi connectivity index (χ1) is 16.1. The number of nitrogens with one attached hydrogen (secondary N) is 1. The lowest BCUT2D eigenvalue weighted by Gasteiger charge is -2.45. The fourth-order valence-corrected chi connectivity index (χ4v) is 4.66. The minimum Gasteiger partial charge on any atom is -0.438 e. The van der Waals surface area contributed by atoms with Crippen molar-refractivity contribution in [3.8, 4) is 11.1 Å². The average molecular weight is 464 g/mol. The Hall–Kier alpha value is -3.45. The summed E-state index contributed by atoms with van der Waals surface area (Å²) in [6, 6.07) is 17.1. The van der Waals surface area contributed by atoms with Gasteiger partial charge in [0, 0.05) is 37.2 Å². The largest absolute Gasteiger partial charge is 0.438 e. The molecule has 1 saturated heterocycles. The lowest BCUT2D eigenvalue weighted by atomic mass is 9.79. The molecule has 1 aromatic heterocycles. The van der Waals surface area contributed by atoms with E-state index in [0.29, 0.717) is 19.4 Å². The molecule has 2 heterocycles. The number of hydrogen-bond donors (Lipinski definition) is 2. The number of ether oxygens (including phenoxy) is 1. The van der Waals surface area contributed by atoms with Crippen LogP contribution in [0.4, 0.5) is 9.18 Å². The maximum Gasteiger partial charge on any atom is 0.411 e. The molecule has 0 radical (unpaired) electrons. The molecule has 1 aliphatic heterocycles. The molecule has 2 atom stereocenters. The number of aromatic amines is 1. The fraction of sp³-hybridized carbons (Fsp3) is 0.333. The second kappa shape index (κ2) is 9.06. The molecule has 4 rings (SSSR count). The number of rotatable bonds is 6. The fourth-order valence-electron chi connectivity index (χ4n) is 4.66. The zero-order valence-electron chi connectivity index (χ0n) is 19.7. The van der Waals surface area contributed by atoms with Crippen LogP contribution < -0.4 is 11.3 Å². The van der Waals surface area contributed by atoms with Gasteiger partial charge in [-0.1, -0.05) is 36.4 Å². The standard InChI is InChI=1S/C27H30FN3O3/c1-18(19-4-6-20(7-5-19)21-8-13-24(32)30-16-21)31-15-14-27(34-25(31)33,17-26(2,3)29)22-9-11-23(28)12-10-22/h4-13,16,18H,14-15,17,29H2,1-3H3,(H,30,32)/t18-,27-/m0/s1. The Kier molecular flexibility index (Phi) is 6.32. The van der Waals surface area contributed by atoms with E-state index in [0.717, 1.165) is 22.3 Å². The Morgan fingerprint density at radius 3 is 2.26 bits per heavy atom. The smallest absolute Gasteiger partial charge is 0.411 e. The maximum atomic E-state index is 13.5. The summed E-state index contributed by atoms with van der Waals surface area (Å²) in [7, 11) is 0. The maximum absolute atomic E-state index is 13.5. The number of amides is 1. The van der Waals surface area contributed by atoms with Gasteiger partial charge in [-0.25, -0.2) is 9.18 Å². The Balaban J connectivity index is 1.54. The third kappa shape index (κ3) is 5.04. The van der Waals surface area contributed by atoms with Crippen LogP contribution >= 0.6 is 0 Å². The molecule has 7 heteroatoms. The molecule has 3 N–H and O–H groups in total. The molecular weight excluding hydrogens is 433 g/mol. The summed E-state index contributed by atoms with van der Waals surface area (Å²) < 4.78 is 19.6. The SMILES string of the molecule is C[C@@H](c1ccc(-c2ccc(=O)[nH]c2)cc1)N1CC[C@](CC(C)(C)N)(c2ccc(F)cc2)OC1=O. The number of nitrogens with two attached hydrogens (primary N) is 1. The Bertz CT molecular complexity index is 1200. The van der Waals surface area contributed by atoms with E-state index in [1.807, 2.05) is 45.0 Å². The van der Waals surface area contributed by atoms with E-state index >= 15 is 0 Å². The molecule has 6 nitrogen and oxygen atoms in total. The number of carbonyl (C=O) groups excluding carboxylic acids is 1. The van der Waals surface area contributed by atoms with Gasteiger partial charge < -0.3 is 20.4 Å². The van der Waals surface area contributed by atoms with Crippen LogP contribution in [-0.4, -0.2) is 28.1 Å². The minimum absolute atomic E-state index is 0.146. The molecule has 1 fully saturated rings. The summed E-state index contributed by atoms with van der Waals surface area (Å²) in [5, 5.41) is 0. The van der Waals surface area contributed by atoms with Crippen LogP contribution in [0.2, 0.25) is 0 Å². The third-order valence-electron chi connectivity index (χ3n) is 6.36. The first-order valence-corrected chi connectivity index (χ1v) is 11.4. The van der Waals surface area contributed by atoms with E-state index in [9.17, 15) is 14.0 Å². The highest BCUT2D eigenvalue weighted by Gasteiger charge is 2.45. The summed E-state index contributed by atoms with van der Waals surface area (Å²) in [6.45, 7) is 6.24. The summed E-state index contributed by atoms with van der Waals surface area (Å²) in [5.41, 5.74) is 8.28. The van der Waals surface area contributed by atoms with Crippen LogP contribution in [0, 0.1) is 5.82 Å². The quantitative estimate of drug-likeness (QED) is 0.532. The van der Waals surface area contributed by atoms with E-state index in [4.69, 9.17) is 10.5 Å². The summed E-state index contributed by atoms with van der Waals surface area (Å²) >= 11 is 0. The van der Waals surface area contributed by atoms with Gasteiger partial charge in [0.05, 0.1) is 6.04 Å². The lowest BCUT2D eigenvalue weighted by molar-refractivity contribution is -0.0739. The number of aromatic nitrogens is 1. The van der Waals surface area contributed by atoms with Gasteiger partial charge in [0.15, 0.2) is 0 Å². The van der Waals surface area contributed by atoms with Gasteiger partial charge in [-0.3, -0.25) is 4.79 Å². The van der Waals surface area contributed by atoms with Gasteiger partial charge in [-0.05, 0) is 61.2 Å². The molecule has 0 saturated carbocycles. The van der Waals surface area contributed by atoms with E-state index in [-0.39, 0.29) is 17.4 Å². The predicted octanol–water partition coefficient (Wildman–Crippen LogP) is 5.11. The normalized spacial score (nSPS) is 19.6. The molecule has 34 heavy (non-hydrogen) atoms. The van der Waals surface area contributed by atoms with Crippen molar-refractivity contribution >= 4 is 6.09 Å². The van der Waals surface area contributed by atoms with E-state index in [2.05, 4.69) is 4.98 Å². The van der Waals surface area contributed by atoms with Crippen LogP contribution in [0.5, 0.6) is 0 Å². The predicted molar refractivity (Wildman–Crippen MR) is 130 cm³/mol. The first kappa shape index (κ1) is 23.7. The van der Waals surface area contributed by atoms with Crippen molar-refractivity contribution in [2.75, 3.05) is 6.54 Å². The van der Waals surface area contributed by atoms with Crippen molar-refractivity contribution < 1.29 is 13.9 Å². The highest BCUT2D eigenvalue weighted by molar-refractivity contribution is 5.70.